The van der Waals surface area contributed by atoms with E-state index in [0.717, 1.165) is 58.3 Å². The molecule has 2 heterocycles. The Kier molecular flexibility index (Phi) is 6.84. The monoisotopic (exact) mass is 500 g/mol. The molecule has 0 spiro atoms. The summed E-state index contributed by atoms with van der Waals surface area (Å²) in [6.45, 7) is 0. The van der Waals surface area contributed by atoms with Gasteiger partial charge in [0, 0.05) is 18.6 Å². The molecule has 1 aliphatic rings. The number of benzene rings is 2. The van der Waals surface area contributed by atoms with Crippen LogP contribution in [0.5, 0.6) is 0 Å². The second-order valence-electron chi connectivity index (χ2n) is 8.77. The number of hydrogen-bond acceptors (Lipinski definition) is 4. The highest BCUT2D eigenvalue weighted by molar-refractivity contribution is 6.32. The summed E-state index contributed by atoms with van der Waals surface area (Å²) in [5, 5.41) is 3.99. The first-order valence-corrected chi connectivity index (χ1v) is 12.1. The molecular formula is C28H26ClFN6. The third-order valence-electron chi connectivity index (χ3n) is 6.60. The SMILES string of the molecule is N/N=C(/C=C/c1ccc(/C(=C(\c2ccc(F)cc2Cl)C2CCC2)c2ccc3nccn3c2)cc1)NN. The van der Waals surface area contributed by atoms with Crippen molar-refractivity contribution in [3.63, 3.8) is 0 Å². The summed E-state index contributed by atoms with van der Waals surface area (Å²) >= 11 is 6.63. The highest BCUT2D eigenvalue weighted by Crippen LogP contribution is 2.46. The molecule has 2 aromatic heterocycles. The second-order valence-corrected chi connectivity index (χ2v) is 9.17. The van der Waals surface area contributed by atoms with Crippen LogP contribution in [0.25, 0.3) is 22.9 Å². The minimum atomic E-state index is -0.346. The number of rotatable bonds is 6. The average molecular weight is 501 g/mol. The van der Waals surface area contributed by atoms with Crippen LogP contribution in [0.4, 0.5) is 4.39 Å². The van der Waals surface area contributed by atoms with Gasteiger partial charge in [-0.15, -0.1) is 0 Å². The van der Waals surface area contributed by atoms with Crippen LogP contribution in [0.15, 0.2) is 84.4 Å². The molecular weight excluding hydrogens is 475 g/mol. The first kappa shape index (κ1) is 23.8. The van der Waals surface area contributed by atoms with Crippen molar-refractivity contribution < 1.29 is 4.39 Å². The van der Waals surface area contributed by atoms with Gasteiger partial charge in [0.2, 0.25) is 0 Å². The van der Waals surface area contributed by atoms with Gasteiger partial charge in [0.1, 0.15) is 11.5 Å². The molecule has 0 radical (unpaired) electrons. The number of halogens is 2. The van der Waals surface area contributed by atoms with Gasteiger partial charge in [-0.3, -0.25) is 0 Å². The maximum Gasteiger partial charge on any atom is 0.159 e. The van der Waals surface area contributed by atoms with Gasteiger partial charge in [0.05, 0.1) is 5.02 Å². The van der Waals surface area contributed by atoms with Crippen molar-refractivity contribution in [2.75, 3.05) is 0 Å². The number of fused-ring (bicyclic) bond motifs is 1. The van der Waals surface area contributed by atoms with E-state index in [9.17, 15) is 4.39 Å². The normalized spacial score (nSPS) is 15.2. The zero-order valence-corrected chi connectivity index (χ0v) is 20.3. The molecule has 0 unspecified atom stereocenters. The van der Waals surface area contributed by atoms with Crippen molar-refractivity contribution in [1.29, 1.82) is 0 Å². The largest absolute Gasteiger partial charge is 0.321 e. The molecule has 0 atom stereocenters. The molecule has 6 nitrogen and oxygen atoms in total. The molecule has 36 heavy (non-hydrogen) atoms. The Balaban J connectivity index is 1.70. The van der Waals surface area contributed by atoms with E-state index in [0.29, 0.717) is 16.8 Å². The van der Waals surface area contributed by atoms with E-state index in [-0.39, 0.29) is 5.82 Å². The number of aromatic nitrogens is 2. The second kappa shape index (κ2) is 10.4. The average Bonchev–Trinajstić information content (AvgIpc) is 3.32. The van der Waals surface area contributed by atoms with E-state index in [1.807, 2.05) is 34.9 Å². The summed E-state index contributed by atoms with van der Waals surface area (Å²) in [5.41, 5.74) is 9.43. The Hall–Kier alpha value is -3.94. The maximum absolute atomic E-state index is 14.0. The molecule has 0 saturated heterocycles. The summed E-state index contributed by atoms with van der Waals surface area (Å²) in [6, 6.07) is 17.0. The van der Waals surface area contributed by atoms with Crippen molar-refractivity contribution in [3.05, 3.63) is 112 Å². The molecule has 8 heteroatoms. The fraction of sp³-hybridized carbons (Fsp3) is 0.143. The van der Waals surface area contributed by atoms with Gasteiger partial charge in [0.25, 0.3) is 0 Å². The van der Waals surface area contributed by atoms with Crippen LogP contribution in [0.2, 0.25) is 5.02 Å². The van der Waals surface area contributed by atoms with Crippen molar-refractivity contribution >= 4 is 40.3 Å². The van der Waals surface area contributed by atoms with Crippen molar-refractivity contribution in [3.8, 4) is 0 Å². The van der Waals surface area contributed by atoms with E-state index >= 15 is 0 Å². The number of nitrogens with zero attached hydrogens (tertiary/aromatic N) is 3. The molecule has 0 aliphatic heterocycles. The number of allylic oxidation sites excluding steroid dienone is 1. The topological polar surface area (TPSA) is 93.7 Å². The van der Waals surface area contributed by atoms with E-state index in [2.05, 4.69) is 39.9 Å². The number of amidine groups is 1. The predicted molar refractivity (Wildman–Crippen MR) is 144 cm³/mol. The minimum absolute atomic E-state index is 0.333. The Bertz CT molecular complexity index is 1480. The molecule has 1 fully saturated rings. The maximum atomic E-state index is 14.0. The number of nitrogens with two attached hydrogens (primary N) is 2. The number of nitrogens with one attached hydrogen (secondary N) is 1. The lowest BCUT2D eigenvalue weighted by molar-refractivity contribution is 0.401. The van der Waals surface area contributed by atoms with E-state index in [1.165, 1.54) is 12.1 Å². The first-order valence-electron chi connectivity index (χ1n) is 11.7. The van der Waals surface area contributed by atoms with Gasteiger partial charge in [-0.1, -0.05) is 54.4 Å². The molecule has 2 aromatic carbocycles. The van der Waals surface area contributed by atoms with Crippen molar-refractivity contribution in [2.24, 2.45) is 22.7 Å². The quantitative estimate of drug-likeness (QED) is 0.105. The van der Waals surface area contributed by atoms with Gasteiger partial charge in [-0.25, -0.2) is 15.2 Å². The number of hydrogen-bond donors (Lipinski definition) is 3. The molecule has 0 amide bonds. The molecule has 4 aromatic rings. The summed E-state index contributed by atoms with van der Waals surface area (Å²) in [7, 11) is 0. The Morgan fingerprint density at radius 2 is 1.89 bits per heavy atom. The van der Waals surface area contributed by atoms with Crippen LogP contribution < -0.4 is 17.1 Å². The molecule has 1 aliphatic carbocycles. The molecule has 5 N–H and O–H groups in total. The summed E-state index contributed by atoms with van der Waals surface area (Å²) < 4.78 is 16.0. The lowest BCUT2D eigenvalue weighted by Gasteiger charge is -2.32. The molecule has 0 bridgehead atoms. The number of pyridine rings is 1. The van der Waals surface area contributed by atoms with Gasteiger partial charge < -0.3 is 15.7 Å². The zero-order valence-electron chi connectivity index (χ0n) is 19.5. The molecule has 182 valence electrons. The van der Waals surface area contributed by atoms with Crippen LogP contribution in [-0.4, -0.2) is 15.2 Å². The van der Waals surface area contributed by atoms with Gasteiger partial charge in [0.15, 0.2) is 5.84 Å². The van der Waals surface area contributed by atoms with E-state index in [1.54, 1.807) is 18.3 Å². The highest BCUT2D eigenvalue weighted by Gasteiger charge is 2.28. The van der Waals surface area contributed by atoms with E-state index < -0.39 is 0 Å². The molecule has 5 rings (SSSR count). The fourth-order valence-corrected chi connectivity index (χ4v) is 4.84. The summed E-state index contributed by atoms with van der Waals surface area (Å²) in [5.74, 6) is 11.1. The molecule has 1 saturated carbocycles. The van der Waals surface area contributed by atoms with Gasteiger partial charge in [-0.2, -0.15) is 5.10 Å². The number of hydrazone groups is 1. The minimum Gasteiger partial charge on any atom is -0.321 e. The Labute approximate surface area is 213 Å². The van der Waals surface area contributed by atoms with Gasteiger partial charge in [-0.05, 0) is 82.5 Å². The Morgan fingerprint density at radius 3 is 2.56 bits per heavy atom. The lowest BCUT2D eigenvalue weighted by Crippen LogP contribution is -2.29. The predicted octanol–water partition coefficient (Wildman–Crippen LogP) is 5.63. The number of hydrazine groups is 1. The van der Waals surface area contributed by atoms with Crippen molar-refractivity contribution in [2.45, 2.75) is 19.3 Å². The van der Waals surface area contributed by atoms with Crippen LogP contribution in [0.1, 0.15) is 41.5 Å². The third-order valence-corrected chi connectivity index (χ3v) is 6.91. The van der Waals surface area contributed by atoms with E-state index in [4.69, 9.17) is 23.3 Å². The third kappa shape index (κ3) is 4.76. The smallest absolute Gasteiger partial charge is 0.159 e. The standard InChI is InChI=1S/C28H26ClFN6/c29-24-16-22(30)10-11-23(24)28(19-2-1-3-19)27(21-9-13-26-33-14-15-36(26)17-21)20-7-4-18(5-8-20)6-12-25(34-31)35-32/h4-17,19H,1-3,31-32H2,(H,34,35)/b12-6+,28-27+. The first-order chi connectivity index (χ1) is 17.6. The van der Waals surface area contributed by atoms with Gasteiger partial charge >= 0.3 is 0 Å². The highest BCUT2D eigenvalue weighted by atomic mass is 35.5. The summed E-state index contributed by atoms with van der Waals surface area (Å²) in [6.07, 6.45) is 12.7. The van der Waals surface area contributed by atoms with Crippen LogP contribution >= 0.6 is 11.6 Å². The van der Waals surface area contributed by atoms with Crippen LogP contribution in [-0.2, 0) is 0 Å². The Morgan fingerprint density at radius 1 is 1.11 bits per heavy atom. The lowest BCUT2D eigenvalue weighted by atomic mass is 9.73. The fourth-order valence-electron chi connectivity index (χ4n) is 4.57. The van der Waals surface area contributed by atoms with Crippen LogP contribution in [0, 0.1) is 11.7 Å². The van der Waals surface area contributed by atoms with Crippen molar-refractivity contribution in [1.82, 2.24) is 14.8 Å². The summed E-state index contributed by atoms with van der Waals surface area (Å²) in [4.78, 5) is 4.39. The number of imidazole rings is 1. The zero-order chi connectivity index (χ0) is 25.1. The van der Waals surface area contributed by atoms with Crippen LogP contribution in [0.3, 0.4) is 0 Å².